The highest BCUT2D eigenvalue weighted by Gasteiger charge is 2.51. The number of hydrogen-bond donors (Lipinski definition) is 1. The summed E-state index contributed by atoms with van der Waals surface area (Å²) in [6, 6.07) is 3.96. The molecule has 1 aromatic carbocycles. The number of hydrogen-bond acceptors (Lipinski definition) is 2. The van der Waals surface area contributed by atoms with Gasteiger partial charge in [-0.1, -0.05) is 37.3 Å². The Labute approximate surface area is 160 Å². The van der Waals surface area contributed by atoms with E-state index in [0.717, 1.165) is 5.92 Å². The molecular weight excluding hydrogens is 351 g/mol. The SMILES string of the molecule is O=C(NCC1CC2(C1)CN(CCC1CCCC1)C2)c1cc(F)cc(Cl)c1. The molecule has 0 radical (unpaired) electrons. The minimum atomic E-state index is -0.475. The van der Waals surface area contributed by atoms with E-state index in [1.807, 2.05) is 0 Å². The zero-order valence-electron chi connectivity index (χ0n) is 15.3. The van der Waals surface area contributed by atoms with Gasteiger partial charge in [0.2, 0.25) is 0 Å². The van der Waals surface area contributed by atoms with E-state index in [2.05, 4.69) is 10.2 Å². The summed E-state index contributed by atoms with van der Waals surface area (Å²) in [6.45, 7) is 4.43. The lowest BCUT2D eigenvalue weighted by Gasteiger charge is -2.59. The minimum absolute atomic E-state index is 0.237. The molecule has 1 heterocycles. The molecule has 0 bridgehead atoms. The van der Waals surface area contributed by atoms with Crippen molar-refractivity contribution in [2.45, 2.75) is 44.9 Å². The van der Waals surface area contributed by atoms with Gasteiger partial charge in [0.1, 0.15) is 5.82 Å². The Morgan fingerprint density at radius 2 is 1.92 bits per heavy atom. The molecule has 3 fully saturated rings. The van der Waals surface area contributed by atoms with Crippen molar-refractivity contribution < 1.29 is 9.18 Å². The molecule has 5 heteroatoms. The summed E-state index contributed by atoms with van der Waals surface area (Å²) < 4.78 is 13.3. The van der Waals surface area contributed by atoms with Crippen LogP contribution in [-0.2, 0) is 0 Å². The van der Waals surface area contributed by atoms with Gasteiger partial charge in [-0.25, -0.2) is 4.39 Å². The lowest BCUT2D eigenvalue weighted by Crippen LogP contribution is -2.63. The number of rotatable bonds is 6. The zero-order chi connectivity index (χ0) is 18.1. The number of likely N-dealkylation sites (tertiary alicyclic amines) is 1. The first-order valence-electron chi connectivity index (χ1n) is 9.98. The van der Waals surface area contributed by atoms with Crippen molar-refractivity contribution in [1.82, 2.24) is 10.2 Å². The van der Waals surface area contributed by atoms with E-state index in [-0.39, 0.29) is 10.9 Å². The monoisotopic (exact) mass is 378 g/mol. The van der Waals surface area contributed by atoms with Crippen molar-refractivity contribution in [2.75, 3.05) is 26.2 Å². The number of nitrogens with zero attached hydrogens (tertiary/aromatic N) is 1. The maximum absolute atomic E-state index is 13.3. The van der Waals surface area contributed by atoms with Gasteiger partial charge in [0.05, 0.1) is 0 Å². The Morgan fingerprint density at radius 1 is 1.19 bits per heavy atom. The topological polar surface area (TPSA) is 32.3 Å². The van der Waals surface area contributed by atoms with Gasteiger partial charge >= 0.3 is 0 Å². The molecule has 1 saturated heterocycles. The fraction of sp³-hybridized carbons (Fsp3) is 0.667. The largest absolute Gasteiger partial charge is 0.352 e. The summed E-state index contributed by atoms with van der Waals surface area (Å²) in [7, 11) is 0. The van der Waals surface area contributed by atoms with Crippen LogP contribution in [0, 0.1) is 23.1 Å². The fourth-order valence-electron chi connectivity index (χ4n) is 5.32. The highest BCUT2D eigenvalue weighted by atomic mass is 35.5. The number of carbonyl (C=O) groups is 1. The van der Waals surface area contributed by atoms with E-state index in [0.29, 0.717) is 23.4 Å². The molecule has 142 valence electrons. The van der Waals surface area contributed by atoms with Crippen LogP contribution in [-0.4, -0.2) is 37.0 Å². The van der Waals surface area contributed by atoms with Crippen LogP contribution >= 0.6 is 11.6 Å². The van der Waals surface area contributed by atoms with E-state index in [1.165, 1.54) is 82.8 Å². The van der Waals surface area contributed by atoms with Crippen molar-refractivity contribution in [1.29, 1.82) is 0 Å². The fourth-order valence-corrected chi connectivity index (χ4v) is 5.54. The van der Waals surface area contributed by atoms with Crippen LogP contribution in [0.15, 0.2) is 18.2 Å². The first kappa shape index (κ1) is 18.2. The third-order valence-corrected chi connectivity index (χ3v) is 6.78. The van der Waals surface area contributed by atoms with Gasteiger partial charge in [0.15, 0.2) is 0 Å². The second-order valence-corrected chi connectivity index (χ2v) is 9.23. The number of carbonyl (C=O) groups excluding carboxylic acids is 1. The summed E-state index contributed by atoms with van der Waals surface area (Å²) in [5.74, 6) is 0.823. The summed E-state index contributed by atoms with van der Waals surface area (Å²) in [5.41, 5.74) is 0.818. The van der Waals surface area contributed by atoms with Crippen LogP contribution < -0.4 is 5.32 Å². The average molecular weight is 379 g/mol. The summed E-state index contributed by atoms with van der Waals surface area (Å²) in [6.07, 6.45) is 9.54. The summed E-state index contributed by atoms with van der Waals surface area (Å²) in [4.78, 5) is 14.8. The molecule has 2 aliphatic carbocycles. The molecule has 1 N–H and O–H groups in total. The van der Waals surface area contributed by atoms with Crippen molar-refractivity contribution in [3.8, 4) is 0 Å². The van der Waals surface area contributed by atoms with Crippen molar-refractivity contribution in [2.24, 2.45) is 17.3 Å². The third-order valence-electron chi connectivity index (χ3n) is 6.57. The molecule has 1 spiro atoms. The standard InChI is InChI=1S/C21H28ClFN2O/c22-18-7-17(8-19(23)9-18)20(26)24-12-16-10-21(11-16)13-25(14-21)6-5-15-3-1-2-4-15/h7-9,15-16H,1-6,10-14H2,(H,24,26). The first-order chi connectivity index (χ1) is 12.5. The zero-order valence-corrected chi connectivity index (χ0v) is 16.0. The molecule has 0 atom stereocenters. The molecule has 2 saturated carbocycles. The van der Waals surface area contributed by atoms with E-state index in [9.17, 15) is 9.18 Å². The normalized spacial score (nSPS) is 23.0. The van der Waals surface area contributed by atoms with Gasteiger partial charge in [-0.3, -0.25) is 4.79 Å². The van der Waals surface area contributed by atoms with Crippen LogP contribution in [0.3, 0.4) is 0 Å². The smallest absolute Gasteiger partial charge is 0.251 e. The second kappa shape index (κ2) is 7.47. The van der Waals surface area contributed by atoms with Gasteiger partial charge in [-0.15, -0.1) is 0 Å². The van der Waals surface area contributed by atoms with Crippen molar-refractivity contribution >= 4 is 17.5 Å². The molecule has 26 heavy (non-hydrogen) atoms. The van der Waals surface area contributed by atoms with Crippen LogP contribution in [0.1, 0.15) is 55.3 Å². The van der Waals surface area contributed by atoms with Gasteiger partial charge in [-0.05, 0) is 61.3 Å². The predicted octanol–water partition coefficient (Wildman–Crippen LogP) is 4.50. The van der Waals surface area contributed by atoms with E-state index >= 15 is 0 Å². The molecule has 3 aliphatic rings. The number of benzene rings is 1. The van der Waals surface area contributed by atoms with E-state index in [4.69, 9.17) is 11.6 Å². The number of nitrogens with one attached hydrogen (secondary N) is 1. The molecule has 0 aromatic heterocycles. The van der Waals surface area contributed by atoms with Crippen molar-refractivity contribution in [3.05, 3.63) is 34.6 Å². The Bertz CT molecular complexity index is 640. The van der Waals surface area contributed by atoms with Gasteiger partial charge in [0, 0.05) is 30.2 Å². The Balaban J connectivity index is 1.14. The highest BCUT2D eigenvalue weighted by Crippen LogP contribution is 2.51. The molecule has 4 rings (SSSR count). The summed E-state index contributed by atoms with van der Waals surface area (Å²) >= 11 is 5.82. The molecule has 1 aliphatic heterocycles. The summed E-state index contributed by atoms with van der Waals surface area (Å²) in [5, 5.41) is 3.19. The number of amides is 1. The lowest BCUT2D eigenvalue weighted by molar-refractivity contribution is -0.0939. The van der Waals surface area contributed by atoms with Gasteiger partial charge < -0.3 is 10.2 Å². The number of halogens is 2. The quantitative estimate of drug-likeness (QED) is 0.790. The Kier molecular flexibility index (Phi) is 5.24. The predicted molar refractivity (Wildman–Crippen MR) is 102 cm³/mol. The minimum Gasteiger partial charge on any atom is -0.352 e. The van der Waals surface area contributed by atoms with Gasteiger partial charge in [0.25, 0.3) is 5.91 Å². The van der Waals surface area contributed by atoms with E-state index < -0.39 is 5.82 Å². The Hall–Kier alpha value is -1.13. The molecule has 1 aromatic rings. The molecule has 0 unspecified atom stereocenters. The first-order valence-corrected chi connectivity index (χ1v) is 10.4. The van der Waals surface area contributed by atoms with Crippen LogP contribution in [0.25, 0.3) is 0 Å². The maximum Gasteiger partial charge on any atom is 0.251 e. The average Bonchev–Trinajstić information content (AvgIpc) is 3.03. The third kappa shape index (κ3) is 4.07. The maximum atomic E-state index is 13.3. The van der Waals surface area contributed by atoms with Crippen molar-refractivity contribution in [3.63, 3.8) is 0 Å². The second-order valence-electron chi connectivity index (χ2n) is 8.79. The lowest BCUT2D eigenvalue weighted by atomic mass is 9.57. The van der Waals surface area contributed by atoms with Crippen LogP contribution in [0.2, 0.25) is 5.02 Å². The molecule has 1 amide bonds. The van der Waals surface area contributed by atoms with Crippen LogP contribution in [0.4, 0.5) is 4.39 Å². The Morgan fingerprint density at radius 3 is 2.62 bits per heavy atom. The highest BCUT2D eigenvalue weighted by molar-refractivity contribution is 6.31. The van der Waals surface area contributed by atoms with E-state index in [1.54, 1.807) is 0 Å². The van der Waals surface area contributed by atoms with Gasteiger partial charge in [-0.2, -0.15) is 0 Å². The molecular formula is C21H28ClFN2O. The van der Waals surface area contributed by atoms with Crippen LogP contribution in [0.5, 0.6) is 0 Å². The molecule has 3 nitrogen and oxygen atoms in total.